The molecule has 98 heavy (non-hydrogen) atoms. The number of carbonyl (C=O) groups excluding carboxylic acids is 10. The Bertz CT molecular complexity index is 2730. The highest BCUT2D eigenvalue weighted by atomic mass is 16.4. The minimum atomic E-state index is -1.35. The molecule has 2 rings (SSSR count). The lowest BCUT2D eigenvalue weighted by molar-refractivity contribution is -0.142. The quantitative estimate of drug-likeness (QED) is 0.0370. The maximum absolute atomic E-state index is 14.8. The number of rotatable bonds is 52. The van der Waals surface area contributed by atoms with Crippen LogP contribution in [0.3, 0.4) is 0 Å². The van der Waals surface area contributed by atoms with E-state index in [2.05, 4.69) is 53.2 Å². The van der Waals surface area contributed by atoms with Gasteiger partial charge >= 0.3 is 5.97 Å². The van der Waals surface area contributed by atoms with Crippen molar-refractivity contribution in [3.05, 3.63) is 71.8 Å². The fourth-order valence-corrected chi connectivity index (χ4v) is 10.8. The Morgan fingerprint density at radius 1 is 0.296 bits per heavy atom. The summed E-state index contributed by atoms with van der Waals surface area (Å²) in [7, 11) is 0. The lowest BCUT2D eigenvalue weighted by atomic mass is 9.98. The van der Waals surface area contributed by atoms with Crippen molar-refractivity contribution in [2.45, 2.75) is 236 Å². The average Bonchev–Trinajstić information content (AvgIpc) is 0.870. The number of nitrogens with two attached hydrogens (primary N) is 7. The van der Waals surface area contributed by atoms with Gasteiger partial charge in [-0.1, -0.05) is 109 Å². The minimum absolute atomic E-state index is 0.0405. The third-order valence-corrected chi connectivity index (χ3v) is 16.8. The fourth-order valence-electron chi connectivity index (χ4n) is 10.8. The minimum Gasteiger partial charge on any atom is -0.480 e. The van der Waals surface area contributed by atoms with E-state index in [9.17, 15) is 57.8 Å². The van der Waals surface area contributed by atoms with E-state index in [4.69, 9.17) is 40.1 Å². The Morgan fingerprint density at radius 2 is 0.520 bits per heavy atom. The van der Waals surface area contributed by atoms with Gasteiger partial charge in [0.1, 0.15) is 60.4 Å². The Kier molecular flexibility index (Phi) is 43.2. The highest BCUT2D eigenvalue weighted by molar-refractivity contribution is 5.99. The van der Waals surface area contributed by atoms with Gasteiger partial charge in [0, 0.05) is 12.8 Å². The van der Waals surface area contributed by atoms with Crippen LogP contribution in [0.15, 0.2) is 60.7 Å². The van der Waals surface area contributed by atoms with Crippen molar-refractivity contribution in [3.63, 3.8) is 0 Å². The van der Waals surface area contributed by atoms with Gasteiger partial charge in [0.2, 0.25) is 59.1 Å². The normalized spacial score (nSPS) is 14.7. The van der Waals surface area contributed by atoms with Crippen LogP contribution in [0.25, 0.3) is 0 Å². The molecule has 0 aliphatic carbocycles. The van der Waals surface area contributed by atoms with E-state index in [1.165, 1.54) is 0 Å². The maximum Gasteiger partial charge on any atom is 0.326 e. The van der Waals surface area contributed by atoms with Crippen LogP contribution in [0.4, 0.5) is 0 Å². The van der Waals surface area contributed by atoms with Gasteiger partial charge in [-0.2, -0.15) is 0 Å². The van der Waals surface area contributed by atoms with Gasteiger partial charge in [0.25, 0.3) is 0 Å². The molecule has 0 saturated heterocycles. The number of hydrogen-bond acceptors (Lipinski definition) is 18. The number of carboxylic acid groups (broad SMARTS) is 1. The van der Waals surface area contributed by atoms with Crippen LogP contribution in [0.2, 0.25) is 0 Å². The van der Waals surface area contributed by atoms with Gasteiger partial charge in [0.15, 0.2) is 0 Å². The van der Waals surface area contributed by atoms with Crippen molar-refractivity contribution in [1.82, 2.24) is 53.2 Å². The van der Waals surface area contributed by atoms with Crippen molar-refractivity contribution < 1.29 is 57.8 Å². The third-order valence-electron chi connectivity index (χ3n) is 16.8. The molecule has 0 heterocycles. The molecular formula is C69H119N17O12. The number of hydrogen-bond donors (Lipinski definition) is 18. The summed E-state index contributed by atoms with van der Waals surface area (Å²) in [5, 5.41) is 37.6. The van der Waals surface area contributed by atoms with Crippen LogP contribution >= 0.6 is 0 Å². The van der Waals surface area contributed by atoms with Crippen molar-refractivity contribution in [2.24, 2.45) is 57.9 Å². The Labute approximate surface area is 579 Å². The largest absolute Gasteiger partial charge is 0.480 e. The van der Waals surface area contributed by atoms with Gasteiger partial charge in [-0.15, -0.1) is 0 Å². The summed E-state index contributed by atoms with van der Waals surface area (Å²) in [6.45, 7) is 12.1. The summed E-state index contributed by atoms with van der Waals surface area (Å²) in [6.07, 6.45) is 6.52. The average molecular weight is 1380 g/mol. The van der Waals surface area contributed by atoms with E-state index in [1.807, 2.05) is 0 Å². The lowest BCUT2D eigenvalue weighted by Gasteiger charge is -2.30. The van der Waals surface area contributed by atoms with E-state index in [-0.39, 0.29) is 58.0 Å². The molecule has 29 nitrogen and oxygen atoms in total. The first kappa shape index (κ1) is 86.4. The van der Waals surface area contributed by atoms with Crippen LogP contribution in [-0.2, 0) is 65.6 Å². The summed E-state index contributed by atoms with van der Waals surface area (Å²) >= 11 is 0. The Balaban J connectivity index is 2.53. The third kappa shape index (κ3) is 33.3. The van der Waals surface area contributed by atoms with Crippen molar-refractivity contribution in [2.75, 3.05) is 39.3 Å². The van der Waals surface area contributed by atoms with Gasteiger partial charge in [0.05, 0.1) is 6.04 Å². The number of aliphatic carboxylic acids is 1. The van der Waals surface area contributed by atoms with Gasteiger partial charge in [-0.3, -0.25) is 47.9 Å². The molecule has 25 N–H and O–H groups in total. The molecule has 0 spiro atoms. The molecule has 0 radical (unpaired) electrons. The predicted molar refractivity (Wildman–Crippen MR) is 377 cm³/mol. The molecule has 2 aromatic rings. The van der Waals surface area contributed by atoms with E-state index >= 15 is 0 Å². The number of amides is 10. The topological polar surface area (TPSA) is 510 Å². The van der Waals surface area contributed by atoms with Crippen LogP contribution < -0.4 is 93.3 Å². The molecule has 0 aliphatic heterocycles. The number of nitrogens with one attached hydrogen (secondary N) is 10. The molecule has 552 valence electrons. The fraction of sp³-hybridized carbons (Fsp3) is 0.667. The Hall–Kier alpha value is -7.67. The lowest BCUT2D eigenvalue weighted by Crippen LogP contribution is -2.62. The molecule has 0 unspecified atom stereocenters. The molecule has 0 fully saturated rings. The summed E-state index contributed by atoms with van der Waals surface area (Å²) in [5.41, 5.74) is 42.0. The van der Waals surface area contributed by atoms with Crippen molar-refractivity contribution in [3.8, 4) is 0 Å². The van der Waals surface area contributed by atoms with E-state index < -0.39 is 149 Å². The molecule has 11 atom stereocenters. The Morgan fingerprint density at radius 3 is 0.827 bits per heavy atom. The summed E-state index contributed by atoms with van der Waals surface area (Å²) in [5.74, 6) is -10.2. The zero-order chi connectivity index (χ0) is 73.1. The van der Waals surface area contributed by atoms with Crippen molar-refractivity contribution in [1.29, 1.82) is 0 Å². The summed E-state index contributed by atoms with van der Waals surface area (Å²) in [4.78, 5) is 155. The van der Waals surface area contributed by atoms with Gasteiger partial charge in [-0.25, -0.2) is 4.79 Å². The summed E-state index contributed by atoms with van der Waals surface area (Å²) < 4.78 is 0. The van der Waals surface area contributed by atoms with Crippen LogP contribution in [0.5, 0.6) is 0 Å². The van der Waals surface area contributed by atoms with Gasteiger partial charge < -0.3 is 98.4 Å². The van der Waals surface area contributed by atoms with Gasteiger partial charge in [-0.05, 0) is 177 Å². The maximum atomic E-state index is 14.8. The zero-order valence-corrected chi connectivity index (χ0v) is 58.7. The monoisotopic (exact) mass is 1380 g/mol. The first-order valence-corrected chi connectivity index (χ1v) is 35.1. The molecule has 2 aromatic carbocycles. The molecule has 0 bridgehead atoms. The second kappa shape index (κ2) is 48.9. The molecule has 0 aliphatic rings. The number of unbranched alkanes of at least 4 members (excludes halogenated alkanes) is 6. The first-order chi connectivity index (χ1) is 46.8. The van der Waals surface area contributed by atoms with E-state index in [1.54, 1.807) is 102 Å². The van der Waals surface area contributed by atoms with E-state index in [0.717, 1.165) is 0 Å². The predicted octanol–water partition coefficient (Wildman–Crippen LogP) is -0.526. The molecule has 10 amide bonds. The number of carbonyl (C=O) groups is 11. The second-order valence-corrected chi connectivity index (χ2v) is 26.1. The van der Waals surface area contributed by atoms with Crippen LogP contribution in [0, 0.1) is 17.8 Å². The number of benzene rings is 2. The molecule has 0 saturated carbocycles. The first-order valence-electron chi connectivity index (χ1n) is 35.1. The summed E-state index contributed by atoms with van der Waals surface area (Å²) in [6, 6.07) is 4.06. The molecule has 0 aromatic heterocycles. The van der Waals surface area contributed by atoms with Crippen LogP contribution in [-0.4, -0.2) is 176 Å². The highest BCUT2D eigenvalue weighted by Crippen LogP contribution is 2.16. The molecule has 29 heteroatoms. The SMILES string of the molecule is CC(C)[C@@H](NC(=O)[C@@H](CCCCN)NC(=O)[C@@H](Cc1ccccc1)NC(=O)[C@H](NC(=O)[C@H](NC(=O)[C@@H](CCCCN)NC(=O)[C@H](N)CCCCN)C(C)C)C(C)C)C(=O)N[C@H](CCCCN)C(=O)N[C@H](Cc1ccccc1)C(=O)N[C@H](CCCCN)C(=O)N[C@H](CCCCN)C(=O)O. The highest BCUT2D eigenvalue weighted by Gasteiger charge is 2.38. The standard InChI is InChI=1S/C69H119N17O12/c1-43(2)56(66(94)80-50(31-15-21-37-72)61(89)82-54(41-46-25-9-7-10-26-46)64(92)78-49(30-14-20-36-71)60(88)81-53(69(97)98)34-18-24-40-75)84-63(91)52(33-17-23-39-74)79-65(93)55(42-47-27-11-8-12-28-47)83-67(95)57(44(3)4)86-68(96)58(45(5)6)85-62(90)51(32-16-22-38-73)77-59(87)48(76)29-13-19-35-70/h7-12,25-28,43-45,48-58H,13-24,29-42,70-76H2,1-6H3,(H,77,87)(H,78,92)(H,79,93)(H,80,94)(H,81,88)(H,82,89)(H,83,95)(H,84,91)(H,85,90)(H,86,96)(H,97,98)/t48-,49-,50-,51-,52-,53-,54-,55-,56-,57-,58-/m1/s1. The number of carboxylic acids is 1. The smallest absolute Gasteiger partial charge is 0.326 e. The zero-order valence-electron chi connectivity index (χ0n) is 58.7. The van der Waals surface area contributed by atoms with Crippen LogP contribution in [0.1, 0.15) is 168 Å². The van der Waals surface area contributed by atoms with Crippen molar-refractivity contribution >= 4 is 65.0 Å². The molecular weight excluding hydrogens is 1260 g/mol. The second-order valence-electron chi connectivity index (χ2n) is 26.1. The van der Waals surface area contributed by atoms with E-state index in [0.29, 0.717) is 121 Å².